The third kappa shape index (κ3) is 3.85. The predicted octanol–water partition coefficient (Wildman–Crippen LogP) is 3.47. The van der Waals surface area contributed by atoms with Gasteiger partial charge in [0.1, 0.15) is 12.4 Å². The highest BCUT2D eigenvalue weighted by atomic mass is 35.5. The van der Waals surface area contributed by atoms with E-state index in [0.717, 1.165) is 31.2 Å². The van der Waals surface area contributed by atoms with Crippen molar-refractivity contribution < 1.29 is 14.9 Å². The summed E-state index contributed by atoms with van der Waals surface area (Å²) in [6.07, 6.45) is 4.32. The molecule has 0 heterocycles. The number of hydrogen-bond acceptors (Lipinski definition) is 3. The van der Waals surface area contributed by atoms with Gasteiger partial charge in [0.05, 0.1) is 16.7 Å². The molecule has 0 aromatic heterocycles. The summed E-state index contributed by atoms with van der Waals surface area (Å²) in [5, 5.41) is 20.3. The van der Waals surface area contributed by atoms with Crippen molar-refractivity contribution in [2.45, 2.75) is 50.7 Å². The van der Waals surface area contributed by atoms with E-state index in [0.29, 0.717) is 10.8 Å². The number of halogens is 1. The molecule has 0 radical (unpaired) electrons. The number of aliphatic hydroxyl groups excluding tert-OH is 1. The van der Waals surface area contributed by atoms with Crippen LogP contribution < -0.4 is 4.74 Å². The van der Waals surface area contributed by atoms with Gasteiger partial charge < -0.3 is 14.9 Å². The lowest BCUT2D eigenvalue weighted by atomic mass is 9.85. The highest BCUT2D eigenvalue weighted by Crippen LogP contribution is 2.32. The molecule has 1 aromatic carbocycles. The van der Waals surface area contributed by atoms with Crippen molar-refractivity contribution in [1.29, 1.82) is 0 Å². The van der Waals surface area contributed by atoms with Crippen molar-refractivity contribution in [3.63, 3.8) is 0 Å². The standard InChI is InChI=1S/C15H21ClO3/c1-11(17)12-5-6-14(13(16)9-12)19-10-15(18)7-3-2-4-8-15/h5-6,9,11,17-18H,2-4,7-8,10H2,1H3/t11-/m1/s1. The average molecular weight is 285 g/mol. The maximum absolute atomic E-state index is 10.4. The minimum atomic E-state index is -0.718. The molecule has 0 spiro atoms. The molecular formula is C15H21ClO3. The van der Waals surface area contributed by atoms with Crippen molar-refractivity contribution in [3.8, 4) is 5.75 Å². The fraction of sp³-hybridized carbons (Fsp3) is 0.600. The van der Waals surface area contributed by atoms with Gasteiger partial charge in [0.15, 0.2) is 0 Å². The van der Waals surface area contributed by atoms with Gasteiger partial charge in [0.2, 0.25) is 0 Å². The zero-order chi connectivity index (χ0) is 13.9. The fourth-order valence-corrected chi connectivity index (χ4v) is 2.70. The molecule has 106 valence electrons. The van der Waals surface area contributed by atoms with Crippen LogP contribution in [-0.4, -0.2) is 22.4 Å². The second-order valence-corrected chi connectivity index (χ2v) is 5.85. The van der Waals surface area contributed by atoms with Crippen LogP contribution in [0.25, 0.3) is 0 Å². The van der Waals surface area contributed by atoms with Gasteiger partial charge in [-0.1, -0.05) is 36.9 Å². The lowest BCUT2D eigenvalue weighted by Gasteiger charge is -2.31. The summed E-state index contributed by atoms with van der Waals surface area (Å²) in [5.41, 5.74) is 0.0403. The first-order valence-electron chi connectivity index (χ1n) is 6.83. The maximum atomic E-state index is 10.4. The molecule has 1 aromatic rings. The Morgan fingerprint density at radius 1 is 1.32 bits per heavy atom. The summed E-state index contributed by atoms with van der Waals surface area (Å²) in [6, 6.07) is 5.24. The second-order valence-electron chi connectivity index (χ2n) is 5.44. The first-order chi connectivity index (χ1) is 9.00. The molecule has 19 heavy (non-hydrogen) atoms. The SMILES string of the molecule is C[C@@H](O)c1ccc(OCC2(O)CCCCC2)c(Cl)c1. The van der Waals surface area contributed by atoms with Gasteiger partial charge in [-0.05, 0) is 37.5 Å². The van der Waals surface area contributed by atoms with Crippen LogP contribution in [0.5, 0.6) is 5.75 Å². The van der Waals surface area contributed by atoms with Gasteiger partial charge in [0, 0.05) is 0 Å². The topological polar surface area (TPSA) is 49.7 Å². The van der Waals surface area contributed by atoms with E-state index in [4.69, 9.17) is 16.3 Å². The summed E-state index contributed by atoms with van der Waals surface area (Å²) in [4.78, 5) is 0. The van der Waals surface area contributed by atoms with Crippen molar-refractivity contribution in [2.24, 2.45) is 0 Å². The number of hydrogen-bond donors (Lipinski definition) is 2. The first kappa shape index (κ1) is 14.6. The Morgan fingerprint density at radius 2 is 2.00 bits per heavy atom. The molecule has 1 aliphatic rings. The van der Waals surface area contributed by atoms with Crippen LogP contribution in [0, 0.1) is 0 Å². The smallest absolute Gasteiger partial charge is 0.138 e. The Balaban J connectivity index is 1.99. The third-order valence-electron chi connectivity index (χ3n) is 3.72. The number of benzene rings is 1. The van der Waals surface area contributed by atoms with Crippen molar-refractivity contribution in [1.82, 2.24) is 0 Å². The highest BCUT2D eigenvalue weighted by molar-refractivity contribution is 6.32. The molecule has 0 amide bonds. The van der Waals surface area contributed by atoms with E-state index >= 15 is 0 Å². The van der Waals surface area contributed by atoms with E-state index in [-0.39, 0.29) is 6.61 Å². The number of aliphatic hydroxyl groups is 2. The lowest BCUT2D eigenvalue weighted by Crippen LogP contribution is -2.37. The zero-order valence-electron chi connectivity index (χ0n) is 11.2. The lowest BCUT2D eigenvalue weighted by molar-refractivity contribution is -0.0338. The van der Waals surface area contributed by atoms with Crippen LogP contribution in [0.4, 0.5) is 0 Å². The van der Waals surface area contributed by atoms with Gasteiger partial charge in [-0.25, -0.2) is 0 Å². The van der Waals surface area contributed by atoms with Crippen LogP contribution in [0.2, 0.25) is 5.02 Å². The van der Waals surface area contributed by atoms with Crippen LogP contribution in [0.15, 0.2) is 18.2 Å². The first-order valence-corrected chi connectivity index (χ1v) is 7.21. The molecule has 2 N–H and O–H groups in total. The predicted molar refractivity (Wildman–Crippen MR) is 75.6 cm³/mol. The molecule has 1 saturated carbocycles. The molecule has 0 unspecified atom stereocenters. The molecule has 2 rings (SSSR count). The Bertz CT molecular complexity index is 425. The maximum Gasteiger partial charge on any atom is 0.138 e. The van der Waals surface area contributed by atoms with Crippen molar-refractivity contribution >= 4 is 11.6 Å². The monoisotopic (exact) mass is 284 g/mol. The quantitative estimate of drug-likeness (QED) is 0.890. The molecule has 3 nitrogen and oxygen atoms in total. The molecule has 0 saturated heterocycles. The fourth-order valence-electron chi connectivity index (χ4n) is 2.46. The molecule has 1 aliphatic carbocycles. The summed E-state index contributed by atoms with van der Waals surface area (Å²) in [7, 11) is 0. The minimum Gasteiger partial charge on any atom is -0.489 e. The van der Waals surface area contributed by atoms with Crippen LogP contribution in [-0.2, 0) is 0 Å². The van der Waals surface area contributed by atoms with Crippen LogP contribution in [0.1, 0.15) is 50.7 Å². The Kier molecular flexibility index (Phi) is 4.71. The van der Waals surface area contributed by atoms with E-state index < -0.39 is 11.7 Å². The Hall–Kier alpha value is -0.770. The number of ether oxygens (including phenoxy) is 1. The normalized spacial score (nSPS) is 20.0. The van der Waals surface area contributed by atoms with Gasteiger partial charge in [-0.2, -0.15) is 0 Å². The molecular weight excluding hydrogens is 264 g/mol. The largest absolute Gasteiger partial charge is 0.489 e. The average Bonchev–Trinajstić information content (AvgIpc) is 2.38. The van der Waals surface area contributed by atoms with E-state index in [9.17, 15) is 10.2 Å². The molecule has 0 bridgehead atoms. The second kappa shape index (κ2) is 6.12. The van der Waals surface area contributed by atoms with E-state index in [1.54, 1.807) is 25.1 Å². The summed E-state index contributed by atoms with van der Waals surface area (Å²) in [6.45, 7) is 1.97. The third-order valence-corrected chi connectivity index (χ3v) is 4.01. The summed E-state index contributed by atoms with van der Waals surface area (Å²) in [5.74, 6) is 0.560. The van der Waals surface area contributed by atoms with Crippen molar-refractivity contribution in [3.05, 3.63) is 28.8 Å². The molecule has 1 fully saturated rings. The summed E-state index contributed by atoms with van der Waals surface area (Å²) >= 11 is 6.12. The Labute approximate surface area is 119 Å². The van der Waals surface area contributed by atoms with E-state index in [2.05, 4.69) is 0 Å². The van der Waals surface area contributed by atoms with E-state index in [1.165, 1.54) is 6.42 Å². The van der Waals surface area contributed by atoms with Gasteiger partial charge in [-0.3, -0.25) is 0 Å². The van der Waals surface area contributed by atoms with Gasteiger partial charge >= 0.3 is 0 Å². The summed E-state index contributed by atoms with van der Waals surface area (Å²) < 4.78 is 5.65. The van der Waals surface area contributed by atoms with E-state index in [1.807, 2.05) is 0 Å². The van der Waals surface area contributed by atoms with Crippen LogP contribution >= 0.6 is 11.6 Å². The van der Waals surface area contributed by atoms with Gasteiger partial charge in [-0.15, -0.1) is 0 Å². The zero-order valence-corrected chi connectivity index (χ0v) is 12.0. The molecule has 4 heteroatoms. The van der Waals surface area contributed by atoms with Gasteiger partial charge in [0.25, 0.3) is 0 Å². The highest BCUT2D eigenvalue weighted by Gasteiger charge is 2.30. The van der Waals surface area contributed by atoms with Crippen molar-refractivity contribution in [2.75, 3.05) is 6.61 Å². The van der Waals surface area contributed by atoms with Crippen LogP contribution in [0.3, 0.4) is 0 Å². The minimum absolute atomic E-state index is 0.279. The molecule has 1 atom stereocenters. The number of rotatable bonds is 4. The molecule has 0 aliphatic heterocycles. The Morgan fingerprint density at radius 3 is 2.58 bits per heavy atom.